The summed E-state index contributed by atoms with van der Waals surface area (Å²) in [7, 11) is 0. The normalized spacial score (nSPS) is 17.2. The molecule has 0 aliphatic carbocycles. The third-order valence-corrected chi connectivity index (χ3v) is 4.46. The van der Waals surface area contributed by atoms with E-state index in [1.807, 2.05) is 12.3 Å². The molecular formula is C20H34N4O3. The van der Waals surface area contributed by atoms with Crippen molar-refractivity contribution in [3.05, 3.63) is 34.7 Å². The summed E-state index contributed by atoms with van der Waals surface area (Å²) in [6.07, 6.45) is 5.81. The standard InChI is InChI=1S/C20H34N4O3/c1-2-21-20(23-11-7-14-26-16-18-9-15-27-17-18)22-10-4-6-13-24-12-5-3-8-19(24)25/h3,5,8,12,18H,2,4,6-7,9-11,13-17H2,1H3,(H2,21,22,23). The molecule has 2 heterocycles. The molecule has 0 aromatic carbocycles. The van der Waals surface area contributed by atoms with Gasteiger partial charge in [-0.2, -0.15) is 0 Å². The molecule has 2 rings (SSSR count). The van der Waals surface area contributed by atoms with E-state index in [4.69, 9.17) is 9.47 Å². The molecule has 152 valence electrons. The Bertz CT molecular complexity index is 597. The zero-order valence-electron chi connectivity index (χ0n) is 16.5. The van der Waals surface area contributed by atoms with Crippen LogP contribution in [0.2, 0.25) is 0 Å². The van der Waals surface area contributed by atoms with Crippen molar-refractivity contribution in [2.75, 3.05) is 46.1 Å². The summed E-state index contributed by atoms with van der Waals surface area (Å²) in [6, 6.07) is 5.26. The molecule has 7 heteroatoms. The van der Waals surface area contributed by atoms with E-state index in [2.05, 4.69) is 22.5 Å². The second-order valence-corrected chi connectivity index (χ2v) is 6.78. The lowest BCUT2D eigenvalue weighted by Gasteiger charge is -2.12. The van der Waals surface area contributed by atoms with Crippen LogP contribution in [0.5, 0.6) is 0 Å². The zero-order valence-corrected chi connectivity index (χ0v) is 16.5. The summed E-state index contributed by atoms with van der Waals surface area (Å²) >= 11 is 0. The summed E-state index contributed by atoms with van der Waals surface area (Å²) in [5.74, 6) is 1.41. The largest absolute Gasteiger partial charge is 0.381 e. The van der Waals surface area contributed by atoms with Crippen LogP contribution in [0.25, 0.3) is 0 Å². The molecule has 7 nitrogen and oxygen atoms in total. The van der Waals surface area contributed by atoms with Gasteiger partial charge in [-0.1, -0.05) is 6.07 Å². The van der Waals surface area contributed by atoms with Crippen molar-refractivity contribution in [2.45, 2.75) is 39.2 Å². The number of pyridine rings is 1. The third kappa shape index (κ3) is 9.06. The van der Waals surface area contributed by atoms with Gasteiger partial charge < -0.3 is 24.7 Å². The van der Waals surface area contributed by atoms with Gasteiger partial charge >= 0.3 is 0 Å². The van der Waals surface area contributed by atoms with Gasteiger partial charge in [-0.15, -0.1) is 0 Å². The van der Waals surface area contributed by atoms with Crippen molar-refractivity contribution in [1.29, 1.82) is 0 Å². The quantitative estimate of drug-likeness (QED) is 0.328. The number of aliphatic imine (C=N–C) groups is 1. The van der Waals surface area contributed by atoms with Crippen molar-refractivity contribution in [3.8, 4) is 0 Å². The number of guanidine groups is 1. The number of unbranched alkanes of at least 4 members (excludes halogenated alkanes) is 1. The molecule has 2 N–H and O–H groups in total. The van der Waals surface area contributed by atoms with Crippen molar-refractivity contribution < 1.29 is 9.47 Å². The van der Waals surface area contributed by atoms with Crippen molar-refractivity contribution in [3.63, 3.8) is 0 Å². The van der Waals surface area contributed by atoms with Gasteiger partial charge in [-0.05, 0) is 38.7 Å². The minimum absolute atomic E-state index is 0.0584. The first kappa shape index (κ1) is 21.4. The van der Waals surface area contributed by atoms with Gasteiger partial charge in [0.1, 0.15) is 0 Å². The molecule has 1 aromatic rings. The van der Waals surface area contributed by atoms with E-state index in [0.29, 0.717) is 5.92 Å². The maximum absolute atomic E-state index is 11.6. The van der Waals surface area contributed by atoms with Crippen LogP contribution < -0.4 is 16.2 Å². The van der Waals surface area contributed by atoms with E-state index in [1.165, 1.54) is 0 Å². The van der Waals surface area contributed by atoms with Gasteiger partial charge in [0.15, 0.2) is 5.96 Å². The van der Waals surface area contributed by atoms with Crippen molar-refractivity contribution >= 4 is 5.96 Å². The Labute approximate surface area is 162 Å². The van der Waals surface area contributed by atoms with Crippen molar-refractivity contribution in [2.24, 2.45) is 10.9 Å². The van der Waals surface area contributed by atoms with Gasteiger partial charge in [0, 0.05) is 57.6 Å². The SMILES string of the molecule is CCNC(=NCCCOCC1CCOC1)NCCCCn1ccccc1=O. The van der Waals surface area contributed by atoms with Crippen LogP contribution in [0.4, 0.5) is 0 Å². The van der Waals surface area contributed by atoms with E-state index >= 15 is 0 Å². The maximum Gasteiger partial charge on any atom is 0.250 e. The molecule has 0 saturated carbocycles. The average molecular weight is 379 g/mol. The zero-order chi connectivity index (χ0) is 19.2. The number of aromatic nitrogens is 1. The predicted octanol–water partition coefficient (Wildman–Crippen LogP) is 1.63. The molecule has 1 saturated heterocycles. The molecule has 1 fully saturated rings. The molecule has 0 bridgehead atoms. The van der Waals surface area contributed by atoms with Crippen molar-refractivity contribution in [1.82, 2.24) is 15.2 Å². The van der Waals surface area contributed by atoms with E-state index in [9.17, 15) is 4.79 Å². The number of ether oxygens (including phenoxy) is 2. The Kier molecular flexibility index (Phi) is 10.6. The Morgan fingerprint density at radius 3 is 3.04 bits per heavy atom. The lowest BCUT2D eigenvalue weighted by atomic mass is 10.1. The Hall–Kier alpha value is -1.86. The smallest absolute Gasteiger partial charge is 0.250 e. The Balaban J connectivity index is 1.54. The summed E-state index contributed by atoms with van der Waals surface area (Å²) in [4.78, 5) is 16.2. The lowest BCUT2D eigenvalue weighted by Crippen LogP contribution is -2.38. The topological polar surface area (TPSA) is 76.9 Å². The summed E-state index contributed by atoms with van der Waals surface area (Å²) in [6.45, 7) is 8.48. The Morgan fingerprint density at radius 1 is 1.33 bits per heavy atom. The predicted molar refractivity (Wildman–Crippen MR) is 108 cm³/mol. The molecule has 1 unspecified atom stereocenters. The van der Waals surface area contributed by atoms with Gasteiger partial charge in [-0.25, -0.2) is 0 Å². The highest BCUT2D eigenvalue weighted by atomic mass is 16.5. The van der Waals surface area contributed by atoms with Gasteiger partial charge in [0.25, 0.3) is 0 Å². The molecule has 1 aromatic heterocycles. The fourth-order valence-electron chi connectivity index (χ4n) is 2.92. The molecule has 1 aliphatic heterocycles. The van der Waals surface area contributed by atoms with Crippen LogP contribution in [0.15, 0.2) is 34.2 Å². The number of nitrogens with zero attached hydrogens (tertiary/aromatic N) is 2. The van der Waals surface area contributed by atoms with Gasteiger partial charge in [0.05, 0.1) is 13.2 Å². The molecule has 0 radical (unpaired) electrons. The number of hydrogen-bond donors (Lipinski definition) is 2. The minimum Gasteiger partial charge on any atom is -0.381 e. The number of hydrogen-bond acceptors (Lipinski definition) is 4. The summed E-state index contributed by atoms with van der Waals surface area (Å²) in [5.41, 5.74) is 0.0584. The van der Waals surface area contributed by atoms with Crippen LogP contribution in [-0.2, 0) is 16.0 Å². The number of rotatable bonds is 12. The highest BCUT2D eigenvalue weighted by molar-refractivity contribution is 5.79. The minimum atomic E-state index is 0.0584. The van der Waals surface area contributed by atoms with Crippen LogP contribution >= 0.6 is 0 Å². The molecule has 1 atom stereocenters. The van der Waals surface area contributed by atoms with Crippen LogP contribution in [0.3, 0.4) is 0 Å². The molecule has 0 spiro atoms. The van der Waals surface area contributed by atoms with E-state index in [1.54, 1.807) is 16.7 Å². The fraction of sp³-hybridized carbons (Fsp3) is 0.700. The molecule has 1 aliphatic rings. The van der Waals surface area contributed by atoms with Crippen LogP contribution in [0.1, 0.15) is 32.6 Å². The monoisotopic (exact) mass is 378 g/mol. The average Bonchev–Trinajstić information content (AvgIpc) is 3.19. The second-order valence-electron chi connectivity index (χ2n) is 6.78. The first-order chi connectivity index (χ1) is 13.3. The van der Waals surface area contributed by atoms with Crippen LogP contribution in [0, 0.1) is 5.92 Å². The van der Waals surface area contributed by atoms with E-state index in [-0.39, 0.29) is 5.56 Å². The maximum atomic E-state index is 11.6. The second kappa shape index (κ2) is 13.3. The van der Waals surface area contributed by atoms with E-state index < -0.39 is 0 Å². The number of nitrogens with one attached hydrogen (secondary N) is 2. The van der Waals surface area contributed by atoms with Crippen LogP contribution in [-0.4, -0.2) is 56.6 Å². The molecular weight excluding hydrogens is 344 g/mol. The van der Waals surface area contributed by atoms with Gasteiger partial charge in [-0.3, -0.25) is 9.79 Å². The highest BCUT2D eigenvalue weighted by Crippen LogP contribution is 2.12. The molecule has 0 amide bonds. The highest BCUT2D eigenvalue weighted by Gasteiger charge is 2.15. The van der Waals surface area contributed by atoms with Gasteiger partial charge in [0.2, 0.25) is 5.56 Å². The number of aryl methyl sites for hydroxylation is 1. The lowest BCUT2D eigenvalue weighted by molar-refractivity contribution is 0.0893. The summed E-state index contributed by atoms with van der Waals surface area (Å²) < 4.78 is 12.8. The first-order valence-electron chi connectivity index (χ1n) is 10.1. The molecule has 27 heavy (non-hydrogen) atoms. The Morgan fingerprint density at radius 2 is 2.26 bits per heavy atom. The third-order valence-electron chi connectivity index (χ3n) is 4.46. The fourth-order valence-corrected chi connectivity index (χ4v) is 2.92. The summed E-state index contributed by atoms with van der Waals surface area (Å²) in [5, 5.41) is 6.61. The van der Waals surface area contributed by atoms with E-state index in [0.717, 1.165) is 84.2 Å². The first-order valence-corrected chi connectivity index (χ1v) is 10.1.